The maximum atomic E-state index is 6.03. The Morgan fingerprint density at radius 2 is 2.19 bits per heavy atom. The lowest BCUT2D eigenvalue weighted by Gasteiger charge is -2.35. The minimum absolute atomic E-state index is 0. The van der Waals surface area contributed by atoms with Crippen LogP contribution in [0.4, 0.5) is 0 Å². The molecule has 0 spiro atoms. The van der Waals surface area contributed by atoms with Gasteiger partial charge in [0.2, 0.25) is 0 Å². The average molecular weight is 285 g/mol. The molecule has 1 fully saturated rings. The molecular formula is C10H16Cl3N3. The summed E-state index contributed by atoms with van der Waals surface area (Å²) in [5.41, 5.74) is 1.15. The molecule has 0 aromatic carbocycles. The van der Waals surface area contributed by atoms with Crippen molar-refractivity contribution in [3.05, 3.63) is 29.0 Å². The van der Waals surface area contributed by atoms with E-state index < -0.39 is 0 Å². The zero-order valence-electron chi connectivity index (χ0n) is 9.02. The maximum Gasteiger partial charge on any atom is 0.0634 e. The number of likely N-dealkylation sites (N-methyl/N-ethyl adjacent to an activating group) is 1. The van der Waals surface area contributed by atoms with Crippen LogP contribution in [0, 0.1) is 0 Å². The second-order valence-electron chi connectivity index (χ2n) is 3.69. The Kier molecular flexibility index (Phi) is 7.27. The number of hydrogen-bond acceptors (Lipinski definition) is 3. The summed E-state index contributed by atoms with van der Waals surface area (Å²) in [6.45, 7) is 3.06. The highest BCUT2D eigenvalue weighted by molar-refractivity contribution is 6.31. The van der Waals surface area contributed by atoms with Crippen molar-refractivity contribution in [1.82, 2.24) is 15.2 Å². The first-order chi connectivity index (χ1) is 6.77. The molecule has 6 heteroatoms. The number of nitrogens with one attached hydrogen (secondary N) is 1. The molecule has 1 N–H and O–H groups in total. The van der Waals surface area contributed by atoms with E-state index in [1.54, 1.807) is 12.4 Å². The van der Waals surface area contributed by atoms with Crippen LogP contribution in [0.25, 0.3) is 0 Å². The van der Waals surface area contributed by atoms with Crippen molar-refractivity contribution < 1.29 is 0 Å². The summed E-state index contributed by atoms with van der Waals surface area (Å²) in [4.78, 5) is 6.29. The van der Waals surface area contributed by atoms with Gasteiger partial charge < -0.3 is 5.32 Å². The van der Waals surface area contributed by atoms with Crippen LogP contribution in [0.2, 0.25) is 5.02 Å². The predicted molar refractivity (Wildman–Crippen MR) is 71.9 cm³/mol. The predicted octanol–water partition coefficient (Wildman–Crippen LogP) is 1.98. The van der Waals surface area contributed by atoms with Crippen LogP contribution in [0.1, 0.15) is 5.56 Å². The zero-order valence-corrected chi connectivity index (χ0v) is 11.4. The summed E-state index contributed by atoms with van der Waals surface area (Å²) in [6, 6.07) is 2.63. The van der Waals surface area contributed by atoms with E-state index in [4.69, 9.17) is 11.6 Å². The number of aromatic nitrogens is 1. The van der Waals surface area contributed by atoms with Crippen LogP contribution in [-0.2, 0) is 6.54 Å². The Morgan fingerprint density at radius 3 is 2.69 bits per heavy atom. The summed E-state index contributed by atoms with van der Waals surface area (Å²) in [5, 5.41) is 4.01. The van der Waals surface area contributed by atoms with Crippen LogP contribution in [-0.4, -0.2) is 36.1 Å². The molecule has 16 heavy (non-hydrogen) atoms. The Hall–Kier alpha value is -0.0600. The molecule has 0 unspecified atom stereocenters. The summed E-state index contributed by atoms with van der Waals surface area (Å²) in [7, 11) is 2.13. The van der Waals surface area contributed by atoms with Crippen molar-refractivity contribution >= 4 is 36.4 Å². The monoisotopic (exact) mass is 283 g/mol. The highest BCUT2D eigenvalue weighted by Crippen LogP contribution is 2.16. The lowest BCUT2D eigenvalue weighted by atomic mass is 10.1. The van der Waals surface area contributed by atoms with Gasteiger partial charge in [0, 0.05) is 38.1 Å². The third kappa shape index (κ3) is 3.75. The van der Waals surface area contributed by atoms with E-state index in [9.17, 15) is 0 Å². The third-order valence-corrected chi connectivity index (χ3v) is 3.00. The van der Waals surface area contributed by atoms with Crippen LogP contribution in [0.15, 0.2) is 18.5 Å². The minimum Gasteiger partial charge on any atom is -0.314 e. The number of pyridine rings is 1. The molecule has 0 aliphatic carbocycles. The van der Waals surface area contributed by atoms with Crippen molar-refractivity contribution in [1.29, 1.82) is 0 Å². The molecule has 1 saturated heterocycles. The standard InChI is InChI=1S/C10H14ClN3.2ClH/c1-14(9-4-13-5-9)7-8-2-3-12-6-10(8)11;;/h2-3,6,9,13H,4-5,7H2,1H3;2*1H. The van der Waals surface area contributed by atoms with Crippen molar-refractivity contribution in [3.63, 3.8) is 0 Å². The molecule has 0 amide bonds. The van der Waals surface area contributed by atoms with Crippen molar-refractivity contribution in [2.75, 3.05) is 20.1 Å². The lowest BCUT2D eigenvalue weighted by molar-refractivity contribution is 0.173. The number of rotatable bonds is 3. The van der Waals surface area contributed by atoms with Gasteiger partial charge >= 0.3 is 0 Å². The topological polar surface area (TPSA) is 28.2 Å². The van der Waals surface area contributed by atoms with Crippen LogP contribution in [0.5, 0.6) is 0 Å². The fourth-order valence-electron chi connectivity index (χ4n) is 1.52. The molecule has 0 saturated carbocycles. The van der Waals surface area contributed by atoms with Gasteiger partial charge in [-0.15, -0.1) is 24.8 Å². The van der Waals surface area contributed by atoms with Crippen molar-refractivity contribution in [2.24, 2.45) is 0 Å². The van der Waals surface area contributed by atoms with E-state index >= 15 is 0 Å². The largest absolute Gasteiger partial charge is 0.314 e. The second kappa shape index (κ2) is 7.30. The Bertz CT molecular complexity index is 318. The SMILES string of the molecule is CN(Cc1ccncc1Cl)C1CNC1.Cl.Cl. The van der Waals surface area contributed by atoms with Gasteiger partial charge in [-0.25, -0.2) is 0 Å². The molecule has 2 rings (SSSR count). The van der Waals surface area contributed by atoms with Gasteiger partial charge in [-0.1, -0.05) is 11.6 Å². The number of halogens is 3. The van der Waals surface area contributed by atoms with Gasteiger partial charge in [0.25, 0.3) is 0 Å². The van der Waals surface area contributed by atoms with E-state index in [-0.39, 0.29) is 24.8 Å². The first-order valence-electron chi connectivity index (χ1n) is 4.76. The van der Waals surface area contributed by atoms with Crippen LogP contribution >= 0.6 is 36.4 Å². The van der Waals surface area contributed by atoms with Gasteiger partial charge in [-0.05, 0) is 18.7 Å². The van der Waals surface area contributed by atoms with Crippen LogP contribution < -0.4 is 5.32 Å². The lowest BCUT2D eigenvalue weighted by Crippen LogP contribution is -2.55. The van der Waals surface area contributed by atoms with Gasteiger partial charge in [-0.3, -0.25) is 9.88 Å². The Labute approximate surface area is 113 Å². The van der Waals surface area contributed by atoms with E-state index in [1.807, 2.05) is 6.07 Å². The summed E-state index contributed by atoms with van der Waals surface area (Å²) >= 11 is 6.03. The molecule has 0 atom stereocenters. The van der Waals surface area contributed by atoms with Gasteiger partial charge in [-0.2, -0.15) is 0 Å². The zero-order chi connectivity index (χ0) is 9.97. The highest BCUT2D eigenvalue weighted by atomic mass is 35.5. The minimum atomic E-state index is 0. The fourth-order valence-corrected chi connectivity index (χ4v) is 1.69. The summed E-state index contributed by atoms with van der Waals surface area (Å²) in [5.74, 6) is 0. The van der Waals surface area contributed by atoms with Gasteiger partial charge in [0.1, 0.15) is 0 Å². The number of nitrogens with zero attached hydrogens (tertiary/aromatic N) is 2. The second-order valence-corrected chi connectivity index (χ2v) is 4.10. The third-order valence-electron chi connectivity index (χ3n) is 2.66. The van der Waals surface area contributed by atoms with Crippen molar-refractivity contribution in [3.8, 4) is 0 Å². The quantitative estimate of drug-likeness (QED) is 0.920. The fraction of sp³-hybridized carbons (Fsp3) is 0.500. The molecular weight excluding hydrogens is 268 g/mol. The highest BCUT2D eigenvalue weighted by Gasteiger charge is 2.21. The van der Waals surface area contributed by atoms with Gasteiger partial charge in [0.05, 0.1) is 5.02 Å². The number of hydrogen-bond donors (Lipinski definition) is 1. The molecule has 0 radical (unpaired) electrons. The molecule has 1 aromatic heterocycles. The van der Waals surface area contributed by atoms with Gasteiger partial charge in [0.15, 0.2) is 0 Å². The smallest absolute Gasteiger partial charge is 0.0634 e. The maximum absolute atomic E-state index is 6.03. The first-order valence-corrected chi connectivity index (χ1v) is 5.14. The van der Waals surface area contributed by atoms with Crippen LogP contribution in [0.3, 0.4) is 0 Å². The van der Waals surface area contributed by atoms with E-state index in [2.05, 4.69) is 22.2 Å². The molecule has 2 heterocycles. The molecule has 3 nitrogen and oxygen atoms in total. The Balaban J connectivity index is 0.00000112. The normalized spacial score (nSPS) is 14.9. The van der Waals surface area contributed by atoms with E-state index in [1.165, 1.54) is 0 Å². The summed E-state index contributed by atoms with van der Waals surface area (Å²) in [6.07, 6.45) is 3.48. The average Bonchev–Trinajstić information content (AvgIpc) is 2.05. The molecule has 0 bridgehead atoms. The van der Waals surface area contributed by atoms with Crippen molar-refractivity contribution in [2.45, 2.75) is 12.6 Å². The molecule has 1 aliphatic heterocycles. The summed E-state index contributed by atoms with van der Waals surface area (Å²) < 4.78 is 0. The van der Waals surface area contributed by atoms with E-state index in [0.29, 0.717) is 6.04 Å². The molecule has 1 aliphatic rings. The first kappa shape index (κ1) is 15.9. The Morgan fingerprint density at radius 1 is 1.50 bits per heavy atom. The molecule has 92 valence electrons. The molecule has 1 aromatic rings. The van der Waals surface area contributed by atoms with E-state index in [0.717, 1.165) is 30.2 Å².